The molecule has 0 spiro atoms. The molecule has 8 heteroatoms. The van der Waals surface area contributed by atoms with E-state index in [-0.39, 0.29) is 0 Å². The number of hydrogen-bond acceptors (Lipinski definition) is 4. The highest BCUT2D eigenvalue weighted by Crippen LogP contribution is 2.21. The fourth-order valence-electron chi connectivity index (χ4n) is 2.11. The Labute approximate surface area is 149 Å². The van der Waals surface area contributed by atoms with Crippen LogP contribution in [0, 0.1) is 0 Å². The first-order valence-corrected chi connectivity index (χ1v) is 7.66. The van der Waals surface area contributed by atoms with E-state index < -0.39 is 24.1 Å². The number of aliphatic hydroxyl groups excluding tert-OH is 1. The number of benzene rings is 2. The molecule has 0 radical (unpaired) electrons. The highest BCUT2D eigenvalue weighted by molar-refractivity contribution is 6.30. The molecule has 0 fully saturated rings. The molecule has 2 aromatic carbocycles. The molecule has 0 aliphatic rings. The minimum Gasteiger partial charge on any atom is -0.497 e. The highest BCUT2D eigenvalue weighted by atomic mass is 35.5. The zero-order chi connectivity index (χ0) is 18.4. The topological polar surface area (TPSA) is 108 Å². The molecule has 0 heterocycles. The molecule has 0 aromatic heterocycles. The molecular formula is C17H17ClN2O5. The Bertz CT molecular complexity index is 734. The van der Waals surface area contributed by atoms with Gasteiger partial charge in [-0.15, -0.1) is 0 Å². The summed E-state index contributed by atoms with van der Waals surface area (Å²) in [6, 6.07) is 10.2. The molecule has 0 aliphatic heterocycles. The van der Waals surface area contributed by atoms with Crippen LogP contribution in [-0.2, 0) is 4.79 Å². The van der Waals surface area contributed by atoms with Crippen molar-refractivity contribution in [3.05, 3.63) is 59.1 Å². The van der Waals surface area contributed by atoms with Crippen molar-refractivity contribution in [3.8, 4) is 5.75 Å². The normalized spacial score (nSPS) is 12.8. The number of carboxylic acids is 1. The molecule has 25 heavy (non-hydrogen) atoms. The summed E-state index contributed by atoms with van der Waals surface area (Å²) in [4.78, 5) is 23.4. The summed E-state index contributed by atoms with van der Waals surface area (Å²) in [5.74, 6) is -0.800. The quantitative estimate of drug-likeness (QED) is 0.630. The summed E-state index contributed by atoms with van der Waals surface area (Å²) in [5.41, 5.74) is 0.768. The van der Waals surface area contributed by atoms with Crippen molar-refractivity contribution in [2.45, 2.75) is 12.1 Å². The second kappa shape index (κ2) is 8.36. The summed E-state index contributed by atoms with van der Waals surface area (Å²) >= 11 is 5.76. The second-order valence-electron chi connectivity index (χ2n) is 5.14. The average molecular weight is 365 g/mol. The van der Waals surface area contributed by atoms with E-state index in [1.807, 2.05) is 0 Å². The first kappa shape index (κ1) is 18.6. The van der Waals surface area contributed by atoms with Gasteiger partial charge in [0.1, 0.15) is 11.9 Å². The third kappa shape index (κ3) is 5.10. The average Bonchev–Trinajstić information content (AvgIpc) is 2.61. The van der Waals surface area contributed by atoms with E-state index in [1.54, 1.807) is 36.4 Å². The van der Waals surface area contributed by atoms with Gasteiger partial charge < -0.3 is 25.6 Å². The second-order valence-corrected chi connectivity index (χ2v) is 5.58. The maximum Gasteiger partial charge on any atom is 0.329 e. The Balaban J connectivity index is 2.07. The molecule has 0 saturated heterocycles. The van der Waals surface area contributed by atoms with E-state index in [0.29, 0.717) is 22.0 Å². The molecule has 0 bridgehead atoms. The summed E-state index contributed by atoms with van der Waals surface area (Å²) < 4.78 is 5.01. The lowest BCUT2D eigenvalue weighted by Crippen LogP contribution is -2.46. The van der Waals surface area contributed by atoms with Crippen molar-refractivity contribution in [2.24, 2.45) is 0 Å². The Kier molecular flexibility index (Phi) is 6.21. The number of halogens is 1. The highest BCUT2D eigenvalue weighted by Gasteiger charge is 2.29. The molecule has 132 valence electrons. The largest absolute Gasteiger partial charge is 0.497 e. The molecule has 2 aromatic rings. The fourth-order valence-corrected chi connectivity index (χ4v) is 2.24. The number of ether oxygens (including phenoxy) is 1. The van der Waals surface area contributed by atoms with E-state index in [4.69, 9.17) is 16.3 Å². The first-order chi connectivity index (χ1) is 11.9. The standard InChI is InChI=1S/C17H17ClN2O5/c1-25-13-8-2-10(3-9-13)15(21)14(16(22)23)20-17(24)19-12-6-4-11(18)5-7-12/h2-9,14-15,21H,1H3,(H,22,23)(H2,19,20,24). The Morgan fingerprint density at radius 1 is 1.08 bits per heavy atom. The molecule has 0 aliphatic carbocycles. The Morgan fingerprint density at radius 3 is 2.20 bits per heavy atom. The van der Waals surface area contributed by atoms with Crippen LogP contribution in [0.15, 0.2) is 48.5 Å². The van der Waals surface area contributed by atoms with Gasteiger partial charge in [-0.3, -0.25) is 0 Å². The lowest BCUT2D eigenvalue weighted by atomic mass is 10.0. The molecule has 2 amide bonds. The first-order valence-electron chi connectivity index (χ1n) is 7.28. The van der Waals surface area contributed by atoms with Crippen LogP contribution in [0.2, 0.25) is 5.02 Å². The van der Waals surface area contributed by atoms with Crippen LogP contribution in [0.5, 0.6) is 5.75 Å². The number of carboxylic acid groups (broad SMARTS) is 1. The monoisotopic (exact) mass is 364 g/mol. The molecule has 7 nitrogen and oxygen atoms in total. The lowest BCUT2D eigenvalue weighted by Gasteiger charge is -2.21. The third-order valence-electron chi connectivity index (χ3n) is 3.43. The number of anilines is 1. The minimum absolute atomic E-state index is 0.333. The van der Waals surface area contributed by atoms with Crippen molar-refractivity contribution < 1.29 is 24.5 Å². The number of aliphatic hydroxyl groups is 1. The zero-order valence-corrected chi connectivity index (χ0v) is 14.0. The van der Waals surface area contributed by atoms with E-state index in [1.165, 1.54) is 19.2 Å². The van der Waals surface area contributed by atoms with Crippen LogP contribution in [0.25, 0.3) is 0 Å². The zero-order valence-electron chi connectivity index (χ0n) is 13.3. The number of aliphatic carboxylic acids is 1. The number of amides is 2. The number of methoxy groups -OCH3 is 1. The van der Waals surface area contributed by atoms with Gasteiger partial charge in [0, 0.05) is 10.7 Å². The van der Waals surface area contributed by atoms with Crippen molar-refractivity contribution in [1.82, 2.24) is 5.32 Å². The maximum absolute atomic E-state index is 12.0. The molecule has 2 rings (SSSR count). The number of hydrogen-bond donors (Lipinski definition) is 4. The van der Waals surface area contributed by atoms with Crippen LogP contribution in [0.1, 0.15) is 11.7 Å². The summed E-state index contributed by atoms with van der Waals surface area (Å²) in [5, 5.41) is 24.8. The van der Waals surface area contributed by atoms with Crippen molar-refractivity contribution in [2.75, 3.05) is 12.4 Å². The number of carbonyl (C=O) groups is 2. The number of urea groups is 1. The third-order valence-corrected chi connectivity index (χ3v) is 3.68. The van der Waals surface area contributed by atoms with E-state index in [2.05, 4.69) is 10.6 Å². The Morgan fingerprint density at radius 2 is 1.68 bits per heavy atom. The van der Waals surface area contributed by atoms with E-state index >= 15 is 0 Å². The van der Waals surface area contributed by atoms with Gasteiger partial charge in [-0.05, 0) is 42.0 Å². The predicted octanol–water partition coefficient (Wildman–Crippen LogP) is 2.66. The van der Waals surface area contributed by atoms with Crippen molar-refractivity contribution >= 4 is 29.3 Å². The summed E-state index contributed by atoms with van der Waals surface area (Å²) in [6.45, 7) is 0. The number of nitrogens with one attached hydrogen (secondary N) is 2. The molecule has 2 atom stereocenters. The van der Waals surface area contributed by atoms with Gasteiger partial charge in [-0.25, -0.2) is 9.59 Å². The lowest BCUT2D eigenvalue weighted by molar-refractivity contribution is -0.142. The van der Waals surface area contributed by atoms with E-state index in [0.717, 1.165) is 0 Å². The summed E-state index contributed by atoms with van der Waals surface area (Å²) in [7, 11) is 1.49. The van der Waals surface area contributed by atoms with Gasteiger partial charge >= 0.3 is 12.0 Å². The summed E-state index contributed by atoms with van der Waals surface area (Å²) in [6.07, 6.45) is -1.43. The SMILES string of the molecule is COc1ccc(C(O)C(NC(=O)Nc2ccc(Cl)cc2)C(=O)O)cc1. The molecular weight excluding hydrogens is 348 g/mol. The van der Waals surface area contributed by atoms with Gasteiger partial charge in [0.15, 0.2) is 6.04 Å². The Hall–Kier alpha value is -2.77. The van der Waals surface area contributed by atoms with Gasteiger partial charge in [-0.2, -0.15) is 0 Å². The molecule has 4 N–H and O–H groups in total. The predicted molar refractivity (Wildman–Crippen MR) is 93.0 cm³/mol. The van der Waals surface area contributed by atoms with Gasteiger partial charge in [-0.1, -0.05) is 23.7 Å². The van der Waals surface area contributed by atoms with Gasteiger partial charge in [0.05, 0.1) is 7.11 Å². The van der Waals surface area contributed by atoms with Crippen LogP contribution in [0.4, 0.5) is 10.5 Å². The number of carbonyl (C=O) groups excluding carboxylic acids is 1. The minimum atomic E-state index is -1.53. The smallest absolute Gasteiger partial charge is 0.329 e. The van der Waals surface area contributed by atoms with Crippen LogP contribution >= 0.6 is 11.6 Å². The van der Waals surface area contributed by atoms with Gasteiger partial charge in [0.25, 0.3) is 0 Å². The van der Waals surface area contributed by atoms with Crippen LogP contribution < -0.4 is 15.4 Å². The molecule has 0 saturated carbocycles. The van der Waals surface area contributed by atoms with Crippen molar-refractivity contribution in [1.29, 1.82) is 0 Å². The number of rotatable bonds is 6. The van der Waals surface area contributed by atoms with Gasteiger partial charge in [0.2, 0.25) is 0 Å². The fraction of sp³-hybridized carbons (Fsp3) is 0.176. The molecule has 2 unspecified atom stereocenters. The van der Waals surface area contributed by atoms with Crippen molar-refractivity contribution in [3.63, 3.8) is 0 Å². The van der Waals surface area contributed by atoms with Crippen LogP contribution in [0.3, 0.4) is 0 Å². The van der Waals surface area contributed by atoms with Crippen LogP contribution in [-0.4, -0.2) is 35.4 Å². The maximum atomic E-state index is 12.0. The van der Waals surface area contributed by atoms with E-state index in [9.17, 15) is 19.8 Å².